The third-order valence-electron chi connectivity index (χ3n) is 3.99. The number of benzene rings is 2. The molecule has 2 aromatic carbocycles. The summed E-state index contributed by atoms with van der Waals surface area (Å²) in [4.78, 5) is 12.0. The van der Waals surface area contributed by atoms with Gasteiger partial charge in [0.25, 0.3) is 5.91 Å². The molecule has 30 heavy (non-hydrogen) atoms. The van der Waals surface area contributed by atoms with Crippen molar-refractivity contribution in [1.82, 2.24) is 10.6 Å². The van der Waals surface area contributed by atoms with Crippen LogP contribution in [-0.4, -0.2) is 31.2 Å². The maximum Gasteiger partial charge on any atom is 0.258 e. The average molecular weight is 455 g/mol. The van der Waals surface area contributed by atoms with Crippen molar-refractivity contribution in [3.8, 4) is 11.5 Å². The number of rotatable bonds is 10. The zero-order chi connectivity index (χ0) is 21.3. The molecule has 7 heteroatoms. The number of ether oxygens (including phenoxy) is 2. The van der Waals surface area contributed by atoms with Crippen LogP contribution in [0, 0.1) is 0 Å². The largest absolute Gasteiger partial charge is 0.490 e. The Labute approximate surface area is 190 Å². The van der Waals surface area contributed by atoms with E-state index in [2.05, 4.69) is 22.8 Å². The third kappa shape index (κ3) is 9.24. The van der Waals surface area contributed by atoms with E-state index in [9.17, 15) is 4.79 Å². The summed E-state index contributed by atoms with van der Waals surface area (Å²) in [7, 11) is 0. The van der Waals surface area contributed by atoms with Gasteiger partial charge in [-0.25, -0.2) is 0 Å². The molecule has 0 unspecified atom stereocenters. The summed E-state index contributed by atoms with van der Waals surface area (Å²) >= 11 is 6.43. The molecule has 0 aliphatic carbocycles. The van der Waals surface area contributed by atoms with E-state index in [1.807, 2.05) is 58.0 Å². The maximum absolute atomic E-state index is 12.0. The van der Waals surface area contributed by atoms with Crippen molar-refractivity contribution in [1.29, 1.82) is 0 Å². The summed E-state index contributed by atoms with van der Waals surface area (Å²) in [6.45, 7) is 9.54. The first-order valence-corrected chi connectivity index (χ1v) is 10.3. The second kappa shape index (κ2) is 12.7. The van der Waals surface area contributed by atoms with E-state index < -0.39 is 0 Å². The van der Waals surface area contributed by atoms with Gasteiger partial charge >= 0.3 is 0 Å². The highest BCUT2D eigenvalue weighted by atomic mass is 35.5. The molecule has 0 atom stereocenters. The monoisotopic (exact) mass is 454 g/mol. The van der Waals surface area contributed by atoms with E-state index in [0.717, 1.165) is 18.5 Å². The Kier molecular flexibility index (Phi) is 11.0. The first-order chi connectivity index (χ1) is 13.8. The van der Waals surface area contributed by atoms with E-state index in [1.54, 1.807) is 0 Å². The zero-order valence-electron chi connectivity index (χ0n) is 18.1. The summed E-state index contributed by atoms with van der Waals surface area (Å²) in [6, 6.07) is 14.1. The predicted octanol–water partition coefficient (Wildman–Crippen LogP) is 4.79. The zero-order valence-corrected chi connectivity index (χ0v) is 19.7. The molecule has 2 N–H and O–H groups in total. The van der Waals surface area contributed by atoms with Crippen LogP contribution in [0.25, 0.3) is 0 Å². The Morgan fingerprint density at radius 3 is 2.40 bits per heavy atom. The number of amides is 1. The summed E-state index contributed by atoms with van der Waals surface area (Å²) in [5.41, 5.74) is 1.98. The van der Waals surface area contributed by atoms with Crippen LogP contribution in [0.5, 0.6) is 11.5 Å². The van der Waals surface area contributed by atoms with Crippen LogP contribution in [0.4, 0.5) is 0 Å². The molecule has 2 aromatic rings. The van der Waals surface area contributed by atoms with Crippen molar-refractivity contribution < 1.29 is 14.3 Å². The van der Waals surface area contributed by atoms with E-state index >= 15 is 0 Å². The summed E-state index contributed by atoms with van der Waals surface area (Å²) in [5, 5.41) is 6.71. The molecule has 0 spiro atoms. The normalized spacial score (nSPS) is 10.8. The van der Waals surface area contributed by atoms with E-state index in [4.69, 9.17) is 21.1 Å². The van der Waals surface area contributed by atoms with Crippen LogP contribution in [0.3, 0.4) is 0 Å². The smallest absolute Gasteiger partial charge is 0.258 e. The van der Waals surface area contributed by atoms with Gasteiger partial charge in [0.1, 0.15) is 0 Å². The quantitative estimate of drug-likeness (QED) is 0.506. The topological polar surface area (TPSA) is 59.6 Å². The molecule has 0 bridgehead atoms. The molecule has 0 radical (unpaired) electrons. The van der Waals surface area contributed by atoms with Crippen LogP contribution in [-0.2, 0) is 17.8 Å². The van der Waals surface area contributed by atoms with Crippen LogP contribution in [0.2, 0.25) is 5.02 Å². The Balaban J connectivity index is 0.00000450. The second-order valence-electron chi connectivity index (χ2n) is 7.84. The fourth-order valence-electron chi connectivity index (χ4n) is 2.83. The van der Waals surface area contributed by atoms with Crippen molar-refractivity contribution >= 4 is 29.9 Å². The number of hydrogen-bond donors (Lipinski definition) is 2. The molecule has 2 rings (SSSR count). The van der Waals surface area contributed by atoms with Gasteiger partial charge in [0, 0.05) is 12.1 Å². The molecule has 0 aliphatic rings. The first kappa shape index (κ1) is 26.1. The van der Waals surface area contributed by atoms with Crippen LogP contribution >= 0.6 is 24.0 Å². The SMILES string of the molecule is CCOc1cc(CNCCc2ccccc2)cc(Cl)c1OCC(=O)NC(C)(C)C.Cl. The Hall–Kier alpha value is -1.95. The third-order valence-corrected chi connectivity index (χ3v) is 4.27. The molecular formula is C23H32Cl2N2O3. The average Bonchev–Trinajstić information content (AvgIpc) is 2.64. The number of nitrogens with one attached hydrogen (secondary N) is 2. The standard InChI is InChI=1S/C23H31ClN2O3.ClH/c1-5-28-20-14-18(15-25-12-11-17-9-7-6-8-10-17)13-19(24)22(20)29-16-21(27)26-23(2,3)4;/h6-10,13-14,25H,5,11-12,15-16H2,1-4H3,(H,26,27);1H. The lowest BCUT2D eigenvalue weighted by Crippen LogP contribution is -2.43. The summed E-state index contributed by atoms with van der Waals surface area (Å²) < 4.78 is 11.4. The van der Waals surface area contributed by atoms with Gasteiger partial charge in [0.05, 0.1) is 11.6 Å². The van der Waals surface area contributed by atoms with E-state index in [1.165, 1.54) is 5.56 Å². The minimum atomic E-state index is -0.317. The molecule has 1 amide bonds. The Bertz CT molecular complexity index is 793. The van der Waals surface area contributed by atoms with Crippen molar-refractivity contribution in [2.24, 2.45) is 0 Å². The maximum atomic E-state index is 12.0. The van der Waals surface area contributed by atoms with Gasteiger partial charge in [-0.05, 0) is 63.9 Å². The Morgan fingerprint density at radius 2 is 1.77 bits per heavy atom. The molecular weight excluding hydrogens is 423 g/mol. The molecule has 0 aromatic heterocycles. The van der Waals surface area contributed by atoms with Crippen molar-refractivity contribution in [3.63, 3.8) is 0 Å². The molecule has 0 aliphatic heterocycles. The van der Waals surface area contributed by atoms with Crippen LogP contribution in [0.1, 0.15) is 38.8 Å². The minimum absolute atomic E-state index is 0. The van der Waals surface area contributed by atoms with Gasteiger partial charge in [-0.2, -0.15) is 0 Å². The van der Waals surface area contributed by atoms with Gasteiger partial charge in [0.15, 0.2) is 18.1 Å². The first-order valence-electron chi connectivity index (χ1n) is 9.92. The van der Waals surface area contributed by atoms with Gasteiger partial charge < -0.3 is 20.1 Å². The van der Waals surface area contributed by atoms with Crippen LogP contribution < -0.4 is 20.1 Å². The van der Waals surface area contributed by atoms with Crippen molar-refractivity contribution in [2.75, 3.05) is 19.8 Å². The predicted molar refractivity (Wildman–Crippen MR) is 125 cm³/mol. The number of hydrogen-bond acceptors (Lipinski definition) is 4. The number of halogens is 2. The lowest BCUT2D eigenvalue weighted by Gasteiger charge is -2.21. The van der Waals surface area contributed by atoms with Gasteiger partial charge in [-0.1, -0.05) is 41.9 Å². The van der Waals surface area contributed by atoms with E-state index in [-0.39, 0.29) is 30.5 Å². The van der Waals surface area contributed by atoms with E-state index in [0.29, 0.717) is 29.7 Å². The second-order valence-corrected chi connectivity index (χ2v) is 8.24. The molecule has 166 valence electrons. The fourth-order valence-corrected chi connectivity index (χ4v) is 3.12. The highest BCUT2D eigenvalue weighted by Gasteiger charge is 2.17. The number of carbonyl (C=O) groups is 1. The number of carbonyl (C=O) groups excluding carboxylic acids is 1. The Morgan fingerprint density at radius 1 is 1.07 bits per heavy atom. The van der Waals surface area contributed by atoms with Crippen molar-refractivity contribution in [3.05, 3.63) is 58.6 Å². The van der Waals surface area contributed by atoms with Gasteiger partial charge in [-0.3, -0.25) is 4.79 Å². The molecule has 0 saturated carbocycles. The molecule has 5 nitrogen and oxygen atoms in total. The van der Waals surface area contributed by atoms with Crippen molar-refractivity contribution in [2.45, 2.75) is 46.2 Å². The van der Waals surface area contributed by atoms with Gasteiger partial charge in [0.2, 0.25) is 0 Å². The fraction of sp³-hybridized carbons (Fsp3) is 0.435. The molecule has 0 fully saturated rings. The molecule has 0 saturated heterocycles. The van der Waals surface area contributed by atoms with Gasteiger partial charge in [-0.15, -0.1) is 12.4 Å². The lowest BCUT2D eigenvalue weighted by molar-refractivity contribution is -0.124. The van der Waals surface area contributed by atoms with Crippen LogP contribution in [0.15, 0.2) is 42.5 Å². The summed E-state index contributed by atoms with van der Waals surface area (Å²) in [6.07, 6.45) is 0.955. The molecule has 0 heterocycles. The highest BCUT2D eigenvalue weighted by Crippen LogP contribution is 2.36. The highest BCUT2D eigenvalue weighted by molar-refractivity contribution is 6.32. The summed E-state index contributed by atoms with van der Waals surface area (Å²) in [5.74, 6) is 0.733. The minimum Gasteiger partial charge on any atom is -0.490 e. The lowest BCUT2D eigenvalue weighted by atomic mass is 10.1.